The third-order valence-corrected chi connectivity index (χ3v) is 5.32. The number of rotatable bonds is 9. The highest BCUT2D eigenvalue weighted by Crippen LogP contribution is 2.17. The van der Waals surface area contributed by atoms with E-state index < -0.39 is 6.04 Å². The average molecular weight is 411 g/mol. The number of carbonyl (C=O) groups is 2. The largest absolute Gasteiger partial charge is 0.497 e. The minimum Gasteiger partial charge on any atom is -0.497 e. The highest BCUT2D eigenvalue weighted by molar-refractivity contribution is 5.88. The molecule has 162 valence electrons. The first-order valence-electron chi connectivity index (χ1n) is 10.5. The van der Waals surface area contributed by atoms with Gasteiger partial charge in [0.2, 0.25) is 11.8 Å². The van der Waals surface area contributed by atoms with Crippen LogP contribution in [0.5, 0.6) is 5.75 Å². The smallest absolute Gasteiger partial charge is 0.242 e. The van der Waals surface area contributed by atoms with Crippen LogP contribution in [0.4, 0.5) is 0 Å². The normalized spacial score (nSPS) is 12.7. The Morgan fingerprint density at radius 2 is 1.60 bits per heavy atom. The molecule has 2 rings (SSSR count). The molecule has 2 aromatic carbocycles. The van der Waals surface area contributed by atoms with Crippen LogP contribution in [0.1, 0.15) is 49.4 Å². The number of aryl methyl sites for hydroxylation is 2. The summed E-state index contributed by atoms with van der Waals surface area (Å²) in [7, 11) is 1.62. The zero-order valence-electron chi connectivity index (χ0n) is 19.0. The molecule has 5 heteroatoms. The third kappa shape index (κ3) is 6.61. The number of carbonyl (C=O) groups excluding carboxylic acids is 2. The fourth-order valence-corrected chi connectivity index (χ4v) is 3.42. The van der Waals surface area contributed by atoms with Gasteiger partial charge in [-0.15, -0.1) is 0 Å². The zero-order chi connectivity index (χ0) is 22.3. The lowest BCUT2D eigenvalue weighted by atomic mass is 10.0. The summed E-state index contributed by atoms with van der Waals surface area (Å²) in [5.74, 6) is 0.559. The number of amides is 2. The summed E-state index contributed by atoms with van der Waals surface area (Å²) in [4.78, 5) is 27.7. The number of ether oxygens (including phenoxy) is 1. The zero-order valence-corrected chi connectivity index (χ0v) is 19.0. The topological polar surface area (TPSA) is 58.6 Å². The van der Waals surface area contributed by atoms with E-state index >= 15 is 0 Å². The molecule has 0 radical (unpaired) electrons. The van der Waals surface area contributed by atoms with Crippen LogP contribution in [0.2, 0.25) is 0 Å². The Balaban J connectivity index is 2.25. The molecule has 0 aliphatic carbocycles. The van der Waals surface area contributed by atoms with Crippen LogP contribution in [0.3, 0.4) is 0 Å². The van der Waals surface area contributed by atoms with Crippen LogP contribution in [-0.2, 0) is 22.6 Å². The predicted octanol–water partition coefficient (Wildman–Crippen LogP) is 4.19. The fraction of sp³-hybridized carbons (Fsp3) is 0.440. The summed E-state index contributed by atoms with van der Waals surface area (Å²) in [5.41, 5.74) is 4.17. The van der Waals surface area contributed by atoms with Crippen LogP contribution in [0, 0.1) is 13.8 Å². The van der Waals surface area contributed by atoms with Crippen molar-refractivity contribution >= 4 is 11.8 Å². The number of hydrogen-bond acceptors (Lipinski definition) is 3. The van der Waals surface area contributed by atoms with Gasteiger partial charge in [-0.3, -0.25) is 9.59 Å². The van der Waals surface area contributed by atoms with Gasteiger partial charge in [0.25, 0.3) is 0 Å². The van der Waals surface area contributed by atoms with Gasteiger partial charge >= 0.3 is 0 Å². The molecule has 0 unspecified atom stereocenters. The van der Waals surface area contributed by atoms with Crippen LogP contribution >= 0.6 is 0 Å². The van der Waals surface area contributed by atoms with Gasteiger partial charge < -0.3 is 15.0 Å². The van der Waals surface area contributed by atoms with E-state index in [0.29, 0.717) is 6.54 Å². The van der Waals surface area contributed by atoms with Crippen molar-refractivity contribution in [2.75, 3.05) is 7.11 Å². The molecule has 5 nitrogen and oxygen atoms in total. The number of methoxy groups -OCH3 is 1. The van der Waals surface area contributed by atoms with E-state index in [-0.39, 0.29) is 24.3 Å². The van der Waals surface area contributed by atoms with E-state index in [1.807, 2.05) is 64.1 Å². The van der Waals surface area contributed by atoms with Crippen molar-refractivity contribution in [1.29, 1.82) is 0 Å². The van der Waals surface area contributed by atoms with Crippen LogP contribution in [0.25, 0.3) is 0 Å². The fourth-order valence-electron chi connectivity index (χ4n) is 3.42. The molecule has 2 aromatic rings. The van der Waals surface area contributed by atoms with Crippen molar-refractivity contribution in [2.24, 2.45) is 0 Å². The van der Waals surface area contributed by atoms with Crippen molar-refractivity contribution in [3.63, 3.8) is 0 Å². The quantitative estimate of drug-likeness (QED) is 0.674. The van der Waals surface area contributed by atoms with Crippen molar-refractivity contribution in [3.8, 4) is 5.75 Å². The van der Waals surface area contributed by atoms with E-state index in [1.165, 1.54) is 0 Å². The first-order valence-corrected chi connectivity index (χ1v) is 10.5. The molecule has 0 spiro atoms. The Bertz CT molecular complexity index is 841. The maximum absolute atomic E-state index is 13.3. The van der Waals surface area contributed by atoms with Crippen LogP contribution in [-0.4, -0.2) is 35.9 Å². The molecule has 0 saturated carbocycles. The minimum atomic E-state index is -0.570. The monoisotopic (exact) mass is 410 g/mol. The Hall–Kier alpha value is -2.82. The van der Waals surface area contributed by atoms with Crippen molar-refractivity contribution in [2.45, 2.75) is 66.1 Å². The van der Waals surface area contributed by atoms with Gasteiger partial charge in [0.05, 0.1) is 13.5 Å². The van der Waals surface area contributed by atoms with Gasteiger partial charge in [-0.05, 0) is 57.4 Å². The molecule has 30 heavy (non-hydrogen) atoms. The summed E-state index contributed by atoms with van der Waals surface area (Å²) < 4.78 is 5.22. The number of hydrogen-bond donors (Lipinski definition) is 1. The summed E-state index contributed by atoms with van der Waals surface area (Å²) >= 11 is 0. The number of benzene rings is 2. The van der Waals surface area contributed by atoms with Gasteiger partial charge in [0, 0.05) is 12.6 Å². The van der Waals surface area contributed by atoms with Gasteiger partial charge in [-0.2, -0.15) is 0 Å². The molecule has 2 atom stereocenters. The second-order valence-electron chi connectivity index (χ2n) is 8.04. The SMILES string of the molecule is CC[C@@H](C)NC(=O)[C@@H](C)N(Cc1ccc(OC)cc1)C(=O)Cc1cc(C)cc(C)c1. The number of nitrogens with zero attached hydrogens (tertiary/aromatic N) is 1. The lowest BCUT2D eigenvalue weighted by Gasteiger charge is -2.30. The summed E-state index contributed by atoms with van der Waals surface area (Å²) in [6.07, 6.45) is 1.10. The highest BCUT2D eigenvalue weighted by atomic mass is 16.5. The van der Waals surface area contributed by atoms with Gasteiger partial charge in [-0.1, -0.05) is 48.4 Å². The summed E-state index contributed by atoms with van der Waals surface area (Å²) in [5, 5.41) is 3.00. The molecule has 0 bridgehead atoms. The Morgan fingerprint density at radius 3 is 2.13 bits per heavy atom. The van der Waals surface area contributed by atoms with Gasteiger partial charge in [-0.25, -0.2) is 0 Å². The van der Waals surface area contributed by atoms with E-state index in [2.05, 4.69) is 11.4 Å². The maximum atomic E-state index is 13.3. The second-order valence-corrected chi connectivity index (χ2v) is 8.04. The van der Waals surface area contributed by atoms with Crippen molar-refractivity contribution in [3.05, 3.63) is 64.7 Å². The molecular formula is C25H34N2O3. The maximum Gasteiger partial charge on any atom is 0.242 e. The average Bonchev–Trinajstić information content (AvgIpc) is 2.70. The molecule has 2 amide bonds. The molecule has 1 N–H and O–H groups in total. The third-order valence-electron chi connectivity index (χ3n) is 5.32. The molecule has 0 fully saturated rings. The van der Waals surface area contributed by atoms with E-state index in [9.17, 15) is 9.59 Å². The van der Waals surface area contributed by atoms with E-state index in [0.717, 1.165) is 34.4 Å². The van der Waals surface area contributed by atoms with E-state index in [4.69, 9.17) is 4.74 Å². The van der Waals surface area contributed by atoms with Crippen molar-refractivity contribution in [1.82, 2.24) is 10.2 Å². The molecular weight excluding hydrogens is 376 g/mol. The first-order chi connectivity index (χ1) is 14.2. The van der Waals surface area contributed by atoms with Crippen molar-refractivity contribution < 1.29 is 14.3 Å². The summed E-state index contributed by atoms with van der Waals surface area (Å²) in [6, 6.07) is 13.2. The molecule has 0 saturated heterocycles. The standard InChI is InChI=1S/C25H34N2O3/c1-7-19(4)26-25(29)20(5)27(16-21-8-10-23(30-6)11-9-21)24(28)15-22-13-17(2)12-18(3)14-22/h8-14,19-20H,7,15-16H2,1-6H3,(H,26,29)/t19-,20-/m1/s1. The molecule has 0 aliphatic heterocycles. The summed E-state index contributed by atoms with van der Waals surface area (Å²) in [6.45, 7) is 10.2. The van der Waals surface area contributed by atoms with Crippen LogP contribution < -0.4 is 10.1 Å². The predicted molar refractivity (Wildman–Crippen MR) is 121 cm³/mol. The minimum absolute atomic E-state index is 0.0670. The number of nitrogens with one attached hydrogen (secondary N) is 1. The molecule has 0 aromatic heterocycles. The Morgan fingerprint density at radius 1 is 1.00 bits per heavy atom. The molecule has 0 heterocycles. The second kappa shape index (κ2) is 10.8. The van der Waals surface area contributed by atoms with Crippen LogP contribution in [0.15, 0.2) is 42.5 Å². The lowest BCUT2D eigenvalue weighted by molar-refractivity contribution is -0.140. The first kappa shape index (κ1) is 23.5. The Labute approximate surface area is 180 Å². The van der Waals surface area contributed by atoms with Gasteiger partial charge in [0.1, 0.15) is 11.8 Å². The molecule has 0 aliphatic rings. The van der Waals surface area contributed by atoms with E-state index in [1.54, 1.807) is 18.9 Å². The highest BCUT2D eigenvalue weighted by Gasteiger charge is 2.27. The van der Waals surface area contributed by atoms with Gasteiger partial charge in [0.15, 0.2) is 0 Å². The Kier molecular flexibility index (Phi) is 8.46. The lowest BCUT2D eigenvalue weighted by Crippen LogP contribution is -2.49.